The lowest BCUT2D eigenvalue weighted by Gasteiger charge is -2.37. The van der Waals surface area contributed by atoms with Gasteiger partial charge in [0.2, 0.25) is 0 Å². The van der Waals surface area contributed by atoms with Gasteiger partial charge >= 0.3 is 6.03 Å². The Morgan fingerprint density at radius 2 is 2.00 bits per heavy atom. The zero-order valence-electron chi connectivity index (χ0n) is 13.9. The summed E-state index contributed by atoms with van der Waals surface area (Å²) in [5.41, 5.74) is 1.36. The third kappa shape index (κ3) is 4.54. The van der Waals surface area contributed by atoms with Crippen molar-refractivity contribution in [3.8, 4) is 0 Å². The largest absolute Gasteiger partial charge is 0.393 e. The predicted octanol–water partition coefficient (Wildman–Crippen LogP) is 2.57. The molecule has 2 aromatic rings. The SMILES string of the molecule is O=C(NCCc1ccccc1F)NC(c1ccccn1)C1CC(O)C1. The molecule has 0 saturated heterocycles. The standard InChI is InChI=1S/C19H22FN3O2/c20-16-6-2-1-5-13(16)8-10-22-19(25)23-18(14-11-15(24)12-14)17-7-3-4-9-21-17/h1-7,9,14-15,18,24H,8,10-12H2,(H2,22,23,25). The van der Waals surface area contributed by atoms with Crippen LogP contribution in [0.25, 0.3) is 0 Å². The van der Waals surface area contributed by atoms with Gasteiger partial charge in [-0.3, -0.25) is 4.98 Å². The Kier molecular flexibility index (Phi) is 5.60. The van der Waals surface area contributed by atoms with Crippen molar-refractivity contribution in [2.45, 2.75) is 31.4 Å². The highest BCUT2D eigenvalue weighted by Gasteiger charge is 2.36. The van der Waals surface area contributed by atoms with Crippen LogP contribution < -0.4 is 10.6 Å². The number of carbonyl (C=O) groups is 1. The number of rotatable bonds is 6. The van der Waals surface area contributed by atoms with Crippen LogP contribution in [0.2, 0.25) is 0 Å². The number of aliphatic hydroxyl groups is 1. The second kappa shape index (κ2) is 8.07. The number of nitrogens with one attached hydrogen (secondary N) is 2. The molecule has 1 fully saturated rings. The van der Waals surface area contributed by atoms with Crippen LogP contribution in [0.15, 0.2) is 48.7 Å². The average molecular weight is 343 g/mol. The van der Waals surface area contributed by atoms with Crippen LogP contribution in [-0.2, 0) is 6.42 Å². The van der Waals surface area contributed by atoms with Crippen molar-refractivity contribution >= 4 is 6.03 Å². The van der Waals surface area contributed by atoms with E-state index in [1.807, 2.05) is 18.2 Å². The number of carbonyl (C=O) groups excluding carboxylic acids is 1. The van der Waals surface area contributed by atoms with Crippen molar-refractivity contribution in [3.63, 3.8) is 0 Å². The van der Waals surface area contributed by atoms with Crippen molar-refractivity contribution in [1.29, 1.82) is 0 Å². The molecule has 132 valence electrons. The highest BCUT2D eigenvalue weighted by atomic mass is 19.1. The minimum atomic E-state index is -0.312. The Morgan fingerprint density at radius 3 is 2.68 bits per heavy atom. The van der Waals surface area contributed by atoms with E-state index < -0.39 is 0 Å². The molecule has 0 radical (unpaired) electrons. The molecule has 3 N–H and O–H groups in total. The highest BCUT2D eigenvalue weighted by molar-refractivity contribution is 5.74. The van der Waals surface area contributed by atoms with E-state index in [4.69, 9.17) is 0 Å². The maximum Gasteiger partial charge on any atom is 0.315 e. The summed E-state index contributed by atoms with van der Waals surface area (Å²) in [6, 6.07) is 11.6. The molecule has 1 aliphatic rings. The summed E-state index contributed by atoms with van der Waals surface area (Å²) in [6.07, 6.45) is 3.11. The van der Waals surface area contributed by atoms with Gasteiger partial charge < -0.3 is 15.7 Å². The number of pyridine rings is 1. The second-order valence-electron chi connectivity index (χ2n) is 6.36. The molecule has 1 heterocycles. The van der Waals surface area contributed by atoms with Crippen molar-refractivity contribution in [3.05, 3.63) is 65.7 Å². The van der Waals surface area contributed by atoms with Crippen LogP contribution >= 0.6 is 0 Å². The monoisotopic (exact) mass is 343 g/mol. The molecule has 1 saturated carbocycles. The molecular weight excluding hydrogens is 321 g/mol. The van der Waals surface area contributed by atoms with E-state index in [2.05, 4.69) is 15.6 Å². The number of halogens is 1. The van der Waals surface area contributed by atoms with Crippen LogP contribution in [0, 0.1) is 11.7 Å². The van der Waals surface area contributed by atoms with Gasteiger partial charge in [0.15, 0.2) is 0 Å². The summed E-state index contributed by atoms with van der Waals surface area (Å²) >= 11 is 0. The fourth-order valence-corrected chi connectivity index (χ4v) is 3.10. The van der Waals surface area contributed by atoms with E-state index in [1.165, 1.54) is 6.07 Å². The lowest BCUT2D eigenvalue weighted by molar-refractivity contribution is 0.0252. The number of aromatic nitrogens is 1. The number of urea groups is 1. The van der Waals surface area contributed by atoms with E-state index in [0.29, 0.717) is 31.4 Å². The molecule has 0 bridgehead atoms. The zero-order chi connectivity index (χ0) is 17.6. The number of aliphatic hydroxyl groups excluding tert-OH is 1. The maximum absolute atomic E-state index is 13.6. The normalized spacial score (nSPS) is 20.4. The van der Waals surface area contributed by atoms with Gasteiger partial charge in [-0.05, 0) is 48.9 Å². The number of amides is 2. The predicted molar refractivity (Wildman–Crippen MR) is 92.3 cm³/mol. The van der Waals surface area contributed by atoms with Crippen molar-refractivity contribution < 1.29 is 14.3 Å². The molecule has 1 aromatic heterocycles. The summed E-state index contributed by atoms with van der Waals surface area (Å²) in [4.78, 5) is 16.5. The van der Waals surface area contributed by atoms with Crippen LogP contribution in [0.4, 0.5) is 9.18 Å². The molecule has 1 atom stereocenters. The van der Waals surface area contributed by atoms with Gasteiger partial charge in [-0.15, -0.1) is 0 Å². The highest BCUT2D eigenvalue weighted by Crippen LogP contribution is 2.37. The van der Waals surface area contributed by atoms with E-state index in [1.54, 1.807) is 24.4 Å². The summed E-state index contributed by atoms with van der Waals surface area (Å²) in [7, 11) is 0. The second-order valence-corrected chi connectivity index (χ2v) is 6.36. The average Bonchev–Trinajstić information content (AvgIpc) is 2.60. The van der Waals surface area contributed by atoms with Gasteiger partial charge in [0.05, 0.1) is 17.8 Å². The zero-order valence-corrected chi connectivity index (χ0v) is 13.9. The summed E-state index contributed by atoms with van der Waals surface area (Å²) in [6.45, 7) is 0.342. The quantitative estimate of drug-likeness (QED) is 0.755. The Morgan fingerprint density at radius 1 is 1.24 bits per heavy atom. The Labute approximate surface area is 146 Å². The van der Waals surface area contributed by atoms with Gasteiger partial charge in [-0.25, -0.2) is 9.18 Å². The molecule has 1 aromatic carbocycles. The minimum Gasteiger partial charge on any atom is -0.393 e. The molecule has 0 aliphatic heterocycles. The fraction of sp³-hybridized carbons (Fsp3) is 0.368. The molecule has 2 amide bonds. The number of hydrogen-bond acceptors (Lipinski definition) is 3. The topological polar surface area (TPSA) is 74.2 Å². The Hall–Kier alpha value is -2.47. The van der Waals surface area contributed by atoms with Gasteiger partial charge in [-0.2, -0.15) is 0 Å². The molecule has 1 aliphatic carbocycles. The van der Waals surface area contributed by atoms with Gasteiger partial charge in [0, 0.05) is 12.7 Å². The van der Waals surface area contributed by atoms with Crippen LogP contribution in [0.5, 0.6) is 0 Å². The van der Waals surface area contributed by atoms with Crippen LogP contribution in [-0.4, -0.2) is 28.8 Å². The smallest absolute Gasteiger partial charge is 0.315 e. The summed E-state index contributed by atoms with van der Waals surface area (Å²) < 4.78 is 13.6. The molecule has 1 unspecified atom stereocenters. The van der Waals surface area contributed by atoms with E-state index in [-0.39, 0.29) is 29.9 Å². The first-order valence-electron chi connectivity index (χ1n) is 8.50. The van der Waals surface area contributed by atoms with Crippen LogP contribution in [0.1, 0.15) is 30.1 Å². The van der Waals surface area contributed by atoms with Gasteiger partial charge in [-0.1, -0.05) is 24.3 Å². The first kappa shape index (κ1) is 17.4. The third-order valence-electron chi connectivity index (χ3n) is 4.55. The molecule has 25 heavy (non-hydrogen) atoms. The summed E-state index contributed by atoms with van der Waals surface area (Å²) in [5, 5.41) is 15.3. The lowest BCUT2D eigenvalue weighted by Crippen LogP contribution is -2.45. The fourth-order valence-electron chi connectivity index (χ4n) is 3.10. The summed E-state index contributed by atoms with van der Waals surface area (Å²) in [5.74, 6) is -0.0956. The van der Waals surface area contributed by atoms with Gasteiger partial charge in [0.25, 0.3) is 0 Å². The molecule has 5 nitrogen and oxygen atoms in total. The molecule has 3 rings (SSSR count). The van der Waals surface area contributed by atoms with Crippen molar-refractivity contribution in [1.82, 2.24) is 15.6 Å². The van der Waals surface area contributed by atoms with E-state index in [0.717, 1.165) is 5.69 Å². The first-order valence-corrected chi connectivity index (χ1v) is 8.50. The molecule has 6 heteroatoms. The molecule has 0 spiro atoms. The number of nitrogens with zero attached hydrogens (tertiary/aromatic N) is 1. The number of benzene rings is 1. The van der Waals surface area contributed by atoms with Crippen LogP contribution in [0.3, 0.4) is 0 Å². The number of hydrogen-bond donors (Lipinski definition) is 3. The lowest BCUT2D eigenvalue weighted by atomic mass is 9.76. The minimum absolute atomic E-state index is 0.169. The first-order chi connectivity index (χ1) is 12.1. The van der Waals surface area contributed by atoms with Crippen molar-refractivity contribution in [2.24, 2.45) is 5.92 Å². The Balaban J connectivity index is 1.54. The maximum atomic E-state index is 13.6. The third-order valence-corrected chi connectivity index (χ3v) is 4.55. The van der Waals surface area contributed by atoms with E-state index >= 15 is 0 Å². The Bertz CT molecular complexity index is 705. The van der Waals surface area contributed by atoms with Crippen molar-refractivity contribution in [2.75, 3.05) is 6.54 Å². The van der Waals surface area contributed by atoms with Gasteiger partial charge in [0.1, 0.15) is 5.82 Å². The van der Waals surface area contributed by atoms with E-state index in [9.17, 15) is 14.3 Å². The molecular formula is C19H22FN3O2.